The van der Waals surface area contributed by atoms with Gasteiger partial charge in [-0.15, -0.1) is 0 Å². The molecule has 0 unspecified atom stereocenters. The molecule has 7 heteroatoms. The standard InChI is InChI=1S/C28H32N4O3/c1-25(15-32(2)16-25)28(34,21-7-5-19(6-8-21)18-3-4-18)22-9-20(10-29-11-22)23-30-24(31-35-23)27-12-26(13-27,14-27)17-33/h5-11,18,33-34H,3-4,12-17H2,1-2H3/t26?,27?,28-/m0/s1. The number of hydrogen-bond donors (Lipinski definition) is 2. The van der Waals surface area contributed by atoms with Crippen molar-refractivity contribution in [2.24, 2.45) is 10.8 Å². The van der Waals surface area contributed by atoms with E-state index in [0.717, 1.165) is 49.3 Å². The molecule has 8 rings (SSSR count). The summed E-state index contributed by atoms with van der Waals surface area (Å²) in [5.74, 6) is 1.83. The van der Waals surface area contributed by atoms with Gasteiger partial charge in [-0.3, -0.25) is 4.98 Å². The zero-order valence-corrected chi connectivity index (χ0v) is 20.4. The van der Waals surface area contributed by atoms with Gasteiger partial charge in [0, 0.05) is 48.5 Å². The average Bonchev–Trinajstić information content (AvgIpc) is 3.54. The number of aromatic nitrogens is 3. The molecule has 2 bridgehead atoms. The first-order valence-electron chi connectivity index (χ1n) is 12.7. The molecule has 3 heterocycles. The zero-order valence-electron chi connectivity index (χ0n) is 20.4. The van der Waals surface area contributed by atoms with Crippen molar-refractivity contribution in [3.8, 4) is 11.5 Å². The highest BCUT2D eigenvalue weighted by Gasteiger charge is 2.70. The van der Waals surface area contributed by atoms with Crippen molar-refractivity contribution >= 4 is 0 Å². The molecule has 1 saturated heterocycles. The van der Waals surface area contributed by atoms with Gasteiger partial charge in [-0.05, 0) is 67.7 Å². The van der Waals surface area contributed by atoms with Crippen LogP contribution in [0.2, 0.25) is 0 Å². The van der Waals surface area contributed by atoms with Gasteiger partial charge in [0.2, 0.25) is 0 Å². The predicted octanol–water partition coefficient (Wildman–Crippen LogP) is 3.61. The highest BCUT2D eigenvalue weighted by molar-refractivity contribution is 5.55. The molecule has 3 aromatic rings. The number of benzene rings is 1. The SMILES string of the molecule is CN1CC(C)([C@](O)(c2ccc(C3CC3)cc2)c2cncc(-c3nc(C45CC(CO)(C4)C5)no3)c2)C1. The Morgan fingerprint density at radius 2 is 1.80 bits per heavy atom. The topological polar surface area (TPSA) is 95.5 Å². The summed E-state index contributed by atoms with van der Waals surface area (Å²) in [6, 6.07) is 10.5. The molecule has 1 atom stereocenters. The molecule has 5 aliphatic rings. The largest absolute Gasteiger partial charge is 0.396 e. The van der Waals surface area contributed by atoms with E-state index in [1.807, 2.05) is 6.07 Å². The lowest BCUT2D eigenvalue weighted by Crippen LogP contribution is -2.66. The second-order valence-electron chi connectivity index (χ2n) is 12.2. The molecule has 7 nitrogen and oxygen atoms in total. The fourth-order valence-electron chi connectivity index (χ4n) is 7.36. The second-order valence-corrected chi connectivity index (χ2v) is 12.2. The van der Waals surface area contributed by atoms with E-state index in [4.69, 9.17) is 9.51 Å². The molecule has 182 valence electrons. The number of aliphatic hydroxyl groups is 2. The van der Waals surface area contributed by atoms with Crippen LogP contribution in [0, 0.1) is 10.8 Å². The first-order valence-corrected chi connectivity index (χ1v) is 12.7. The second kappa shape index (κ2) is 6.99. The molecule has 1 aromatic carbocycles. The van der Waals surface area contributed by atoms with Crippen molar-refractivity contribution in [3.05, 3.63) is 65.2 Å². The molecule has 4 aliphatic carbocycles. The Hall–Kier alpha value is -2.61. The summed E-state index contributed by atoms with van der Waals surface area (Å²) in [4.78, 5) is 11.5. The van der Waals surface area contributed by atoms with Gasteiger partial charge in [0.25, 0.3) is 5.89 Å². The Balaban J connectivity index is 1.24. The van der Waals surface area contributed by atoms with E-state index in [0.29, 0.717) is 17.4 Å². The first-order chi connectivity index (χ1) is 16.8. The minimum atomic E-state index is -1.20. The van der Waals surface area contributed by atoms with Crippen LogP contribution in [0.1, 0.15) is 67.5 Å². The average molecular weight is 473 g/mol. The fourth-order valence-corrected chi connectivity index (χ4v) is 7.36. The number of aliphatic hydroxyl groups excluding tert-OH is 1. The maximum absolute atomic E-state index is 12.5. The monoisotopic (exact) mass is 472 g/mol. The van der Waals surface area contributed by atoms with Crippen LogP contribution in [0.4, 0.5) is 0 Å². The van der Waals surface area contributed by atoms with E-state index in [1.54, 1.807) is 12.4 Å². The minimum Gasteiger partial charge on any atom is -0.396 e. The lowest BCUT2D eigenvalue weighted by atomic mass is 9.35. The molecule has 0 radical (unpaired) electrons. The van der Waals surface area contributed by atoms with Crippen molar-refractivity contribution in [1.29, 1.82) is 0 Å². The van der Waals surface area contributed by atoms with Gasteiger partial charge in [-0.1, -0.05) is 36.3 Å². The van der Waals surface area contributed by atoms with Crippen LogP contribution in [0.5, 0.6) is 0 Å². The van der Waals surface area contributed by atoms with Crippen molar-refractivity contribution in [2.75, 3.05) is 26.7 Å². The van der Waals surface area contributed by atoms with Gasteiger partial charge >= 0.3 is 0 Å². The molecular weight excluding hydrogens is 440 g/mol. The van der Waals surface area contributed by atoms with Gasteiger partial charge in [0.15, 0.2) is 5.82 Å². The summed E-state index contributed by atoms with van der Waals surface area (Å²) in [5, 5.41) is 26.3. The maximum Gasteiger partial charge on any atom is 0.259 e. The van der Waals surface area contributed by atoms with Crippen molar-refractivity contribution < 1.29 is 14.7 Å². The molecule has 1 aliphatic heterocycles. The third kappa shape index (κ3) is 2.98. The quantitative estimate of drug-likeness (QED) is 0.542. The van der Waals surface area contributed by atoms with Crippen LogP contribution >= 0.6 is 0 Å². The smallest absolute Gasteiger partial charge is 0.259 e. The molecular formula is C28H32N4O3. The lowest BCUT2D eigenvalue weighted by molar-refractivity contribution is -0.172. The maximum atomic E-state index is 12.5. The van der Waals surface area contributed by atoms with Crippen LogP contribution in [0.3, 0.4) is 0 Å². The molecule has 5 fully saturated rings. The van der Waals surface area contributed by atoms with E-state index in [-0.39, 0.29) is 22.9 Å². The first kappa shape index (κ1) is 21.7. The Bertz CT molecular complexity index is 1270. The summed E-state index contributed by atoms with van der Waals surface area (Å²) in [5.41, 5.74) is 2.20. The van der Waals surface area contributed by atoms with Crippen LogP contribution in [-0.4, -0.2) is 57.0 Å². The van der Waals surface area contributed by atoms with Crippen molar-refractivity contribution in [1.82, 2.24) is 20.0 Å². The summed E-state index contributed by atoms with van der Waals surface area (Å²) in [7, 11) is 2.08. The van der Waals surface area contributed by atoms with E-state index in [9.17, 15) is 10.2 Å². The minimum absolute atomic E-state index is 0.0381. The van der Waals surface area contributed by atoms with Crippen LogP contribution in [0.25, 0.3) is 11.5 Å². The van der Waals surface area contributed by atoms with Crippen molar-refractivity contribution in [3.63, 3.8) is 0 Å². The van der Waals surface area contributed by atoms with E-state index in [2.05, 4.69) is 53.3 Å². The molecule has 35 heavy (non-hydrogen) atoms. The summed E-state index contributed by atoms with van der Waals surface area (Å²) >= 11 is 0. The Morgan fingerprint density at radius 1 is 1.09 bits per heavy atom. The number of pyridine rings is 1. The van der Waals surface area contributed by atoms with Gasteiger partial charge < -0.3 is 19.6 Å². The van der Waals surface area contributed by atoms with E-state index >= 15 is 0 Å². The molecule has 0 amide bonds. The lowest BCUT2D eigenvalue weighted by Gasteiger charge is -2.68. The van der Waals surface area contributed by atoms with Crippen LogP contribution in [-0.2, 0) is 11.0 Å². The van der Waals surface area contributed by atoms with Gasteiger partial charge in [0.1, 0.15) is 5.60 Å². The molecule has 2 N–H and O–H groups in total. The summed E-state index contributed by atoms with van der Waals surface area (Å²) in [6.07, 6.45) is 8.79. The van der Waals surface area contributed by atoms with E-state index < -0.39 is 5.60 Å². The normalized spacial score (nSPS) is 30.6. The Kier molecular flexibility index (Phi) is 4.33. The third-order valence-electron chi connectivity index (χ3n) is 9.27. The van der Waals surface area contributed by atoms with Gasteiger partial charge in [-0.25, -0.2) is 0 Å². The van der Waals surface area contributed by atoms with Crippen LogP contribution < -0.4 is 0 Å². The number of nitrogens with zero attached hydrogens (tertiary/aromatic N) is 4. The number of hydrogen-bond acceptors (Lipinski definition) is 7. The zero-order chi connectivity index (χ0) is 24.1. The highest BCUT2D eigenvalue weighted by Crippen LogP contribution is 2.72. The Labute approximate surface area is 205 Å². The Morgan fingerprint density at radius 3 is 2.43 bits per heavy atom. The molecule has 4 saturated carbocycles. The third-order valence-corrected chi connectivity index (χ3v) is 9.27. The molecule has 2 aromatic heterocycles. The predicted molar refractivity (Wildman–Crippen MR) is 130 cm³/mol. The number of rotatable bonds is 7. The van der Waals surface area contributed by atoms with Crippen LogP contribution in [0.15, 0.2) is 47.2 Å². The van der Waals surface area contributed by atoms with Gasteiger partial charge in [0.05, 0.1) is 5.56 Å². The highest BCUT2D eigenvalue weighted by atomic mass is 16.5. The van der Waals surface area contributed by atoms with Crippen molar-refractivity contribution in [2.45, 2.75) is 56.0 Å². The molecule has 0 spiro atoms. The summed E-state index contributed by atoms with van der Waals surface area (Å²) in [6.45, 7) is 3.97. The summed E-state index contributed by atoms with van der Waals surface area (Å²) < 4.78 is 5.68. The number of likely N-dealkylation sites (tertiary alicyclic amines) is 1. The fraction of sp³-hybridized carbons (Fsp3) is 0.536. The van der Waals surface area contributed by atoms with Gasteiger partial charge in [-0.2, -0.15) is 4.98 Å². The van der Waals surface area contributed by atoms with E-state index in [1.165, 1.54) is 18.4 Å².